The Balaban J connectivity index is 4.40. The van der Waals surface area contributed by atoms with E-state index in [1.54, 1.807) is 0 Å². The fraction of sp³-hybridized carbons (Fsp3) is 0.818. The minimum Gasteiger partial charge on any atom is -0.392 e. The summed E-state index contributed by atoms with van der Waals surface area (Å²) >= 11 is 0. The van der Waals surface area contributed by atoms with E-state index in [4.69, 9.17) is 0 Å². The van der Waals surface area contributed by atoms with Gasteiger partial charge in [-0.15, -0.1) is 0 Å². The zero-order chi connectivity index (χ0) is 9.78. The van der Waals surface area contributed by atoms with Crippen LogP contribution in [0.25, 0.3) is 0 Å². The monoisotopic (exact) mass is 169 g/mol. The van der Waals surface area contributed by atoms with Gasteiger partial charge in [0.1, 0.15) is 0 Å². The van der Waals surface area contributed by atoms with Gasteiger partial charge in [-0.1, -0.05) is 40.2 Å². The SMILES string of the molecule is CC[C@H](C)C(C)(C)/C=C(/C)NC. The zero-order valence-corrected chi connectivity index (χ0v) is 9.36. The Morgan fingerprint density at radius 2 is 2.00 bits per heavy atom. The fourth-order valence-electron chi connectivity index (χ4n) is 1.30. The van der Waals surface area contributed by atoms with Crippen LogP contribution in [0, 0.1) is 11.3 Å². The molecular formula is C11H23N. The lowest BCUT2D eigenvalue weighted by atomic mass is 9.78. The second-order valence-electron chi connectivity index (χ2n) is 4.21. The van der Waals surface area contributed by atoms with Crippen LogP contribution in [-0.2, 0) is 0 Å². The molecule has 1 heteroatoms. The van der Waals surface area contributed by atoms with E-state index < -0.39 is 0 Å². The van der Waals surface area contributed by atoms with E-state index >= 15 is 0 Å². The van der Waals surface area contributed by atoms with Crippen molar-refractivity contribution in [1.29, 1.82) is 0 Å². The van der Waals surface area contributed by atoms with E-state index in [0.29, 0.717) is 5.41 Å². The maximum absolute atomic E-state index is 3.16. The van der Waals surface area contributed by atoms with Gasteiger partial charge in [0.05, 0.1) is 0 Å². The Kier molecular flexibility index (Phi) is 4.36. The smallest absolute Gasteiger partial charge is 0.00374 e. The van der Waals surface area contributed by atoms with Gasteiger partial charge in [0.2, 0.25) is 0 Å². The summed E-state index contributed by atoms with van der Waals surface area (Å²) in [4.78, 5) is 0. The van der Waals surface area contributed by atoms with E-state index in [2.05, 4.69) is 46.0 Å². The average Bonchev–Trinajstić information content (AvgIpc) is 2.02. The molecule has 0 saturated heterocycles. The molecule has 0 aliphatic carbocycles. The topological polar surface area (TPSA) is 12.0 Å². The third-order valence-corrected chi connectivity index (χ3v) is 2.87. The van der Waals surface area contributed by atoms with Gasteiger partial charge < -0.3 is 5.32 Å². The quantitative estimate of drug-likeness (QED) is 0.681. The van der Waals surface area contributed by atoms with Crippen molar-refractivity contribution in [2.75, 3.05) is 7.05 Å². The van der Waals surface area contributed by atoms with Crippen LogP contribution in [0.1, 0.15) is 41.0 Å². The zero-order valence-electron chi connectivity index (χ0n) is 9.36. The van der Waals surface area contributed by atoms with Crippen molar-refractivity contribution in [3.05, 3.63) is 11.8 Å². The van der Waals surface area contributed by atoms with Crippen LogP contribution in [0.2, 0.25) is 0 Å². The van der Waals surface area contributed by atoms with Gasteiger partial charge in [-0.3, -0.25) is 0 Å². The largest absolute Gasteiger partial charge is 0.392 e. The lowest BCUT2D eigenvalue weighted by Gasteiger charge is -2.28. The second kappa shape index (κ2) is 4.54. The van der Waals surface area contributed by atoms with Gasteiger partial charge >= 0.3 is 0 Å². The van der Waals surface area contributed by atoms with E-state index in [9.17, 15) is 0 Å². The molecule has 0 radical (unpaired) electrons. The molecule has 0 amide bonds. The molecule has 0 aromatic carbocycles. The lowest BCUT2D eigenvalue weighted by molar-refractivity contribution is 0.296. The third-order valence-electron chi connectivity index (χ3n) is 2.87. The molecule has 12 heavy (non-hydrogen) atoms. The Labute approximate surface area is 77.2 Å². The van der Waals surface area contributed by atoms with Crippen LogP contribution < -0.4 is 5.32 Å². The molecule has 0 bridgehead atoms. The molecule has 0 aromatic heterocycles. The van der Waals surface area contributed by atoms with Gasteiger partial charge in [0.15, 0.2) is 0 Å². The summed E-state index contributed by atoms with van der Waals surface area (Å²) in [5, 5.41) is 3.16. The van der Waals surface area contributed by atoms with Gasteiger partial charge in [0.25, 0.3) is 0 Å². The molecule has 0 aliphatic rings. The van der Waals surface area contributed by atoms with E-state index in [1.165, 1.54) is 12.1 Å². The van der Waals surface area contributed by atoms with Crippen molar-refractivity contribution < 1.29 is 0 Å². The molecule has 1 N–H and O–H groups in total. The van der Waals surface area contributed by atoms with E-state index in [-0.39, 0.29) is 0 Å². The van der Waals surface area contributed by atoms with Crippen molar-refractivity contribution in [2.24, 2.45) is 11.3 Å². The van der Waals surface area contributed by atoms with Crippen LogP contribution in [0.3, 0.4) is 0 Å². The van der Waals surface area contributed by atoms with Gasteiger partial charge in [-0.25, -0.2) is 0 Å². The predicted octanol–water partition coefficient (Wildman–Crippen LogP) is 3.18. The highest BCUT2D eigenvalue weighted by Crippen LogP contribution is 2.30. The molecule has 0 spiro atoms. The van der Waals surface area contributed by atoms with Gasteiger partial charge in [-0.2, -0.15) is 0 Å². The summed E-state index contributed by atoms with van der Waals surface area (Å²) in [5.41, 5.74) is 1.57. The highest BCUT2D eigenvalue weighted by molar-refractivity contribution is 5.04. The van der Waals surface area contributed by atoms with Crippen molar-refractivity contribution in [1.82, 2.24) is 5.32 Å². The minimum atomic E-state index is 0.307. The first-order chi connectivity index (χ1) is 5.44. The Hall–Kier alpha value is -0.460. The highest BCUT2D eigenvalue weighted by atomic mass is 14.8. The number of hydrogen-bond acceptors (Lipinski definition) is 1. The summed E-state index contributed by atoms with van der Waals surface area (Å²) in [6, 6.07) is 0. The first-order valence-corrected chi connectivity index (χ1v) is 4.81. The first-order valence-electron chi connectivity index (χ1n) is 4.81. The molecular weight excluding hydrogens is 146 g/mol. The normalized spacial score (nSPS) is 16.0. The summed E-state index contributed by atoms with van der Waals surface area (Å²) in [7, 11) is 1.97. The average molecular weight is 169 g/mol. The standard InChI is InChI=1S/C11H23N/c1-7-9(2)11(4,5)8-10(3)12-6/h8-9,12H,7H2,1-6H3/b10-8-/t9-/m0/s1. The van der Waals surface area contributed by atoms with Gasteiger partial charge in [0, 0.05) is 12.7 Å². The van der Waals surface area contributed by atoms with Crippen molar-refractivity contribution in [2.45, 2.75) is 41.0 Å². The molecule has 0 heterocycles. The number of rotatable bonds is 4. The second-order valence-corrected chi connectivity index (χ2v) is 4.21. The molecule has 0 rings (SSSR count). The van der Waals surface area contributed by atoms with Crippen LogP contribution in [-0.4, -0.2) is 7.05 Å². The summed E-state index contributed by atoms with van der Waals surface area (Å²) < 4.78 is 0. The summed E-state index contributed by atoms with van der Waals surface area (Å²) in [6.07, 6.45) is 3.56. The lowest BCUT2D eigenvalue weighted by Crippen LogP contribution is -2.20. The molecule has 0 saturated carbocycles. The molecule has 0 fully saturated rings. The van der Waals surface area contributed by atoms with Gasteiger partial charge in [-0.05, 0) is 18.3 Å². The fourth-order valence-corrected chi connectivity index (χ4v) is 1.30. The molecule has 0 aromatic rings. The molecule has 1 atom stereocenters. The van der Waals surface area contributed by atoms with Crippen molar-refractivity contribution in [3.8, 4) is 0 Å². The van der Waals surface area contributed by atoms with Crippen LogP contribution in [0.15, 0.2) is 11.8 Å². The van der Waals surface area contributed by atoms with Crippen molar-refractivity contribution >= 4 is 0 Å². The summed E-state index contributed by atoms with van der Waals surface area (Å²) in [5.74, 6) is 0.737. The minimum absolute atomic E-state index is 0.307. The van der Waals surface area contributed by atoms with E-state index in [0.717, 1.165) is 5.92 Å². The maximum atomic E-state index is 3.16. The molecule has 72 valence electrons. The van der Waals surface area contributed by atoms with Crippen LogP contribution in [0.5, 0.6) is 0 Å². The number of hydrogen-bond donors (Lipinski definition) is 1. The maximum Gasteiger partial charge on any atom is 0.00374 e. The predicted molar refractivity (Wildman–Crippen MR) is 56.1 cm³/mol. The van der Waals surface area contributed by atoms with Crippen molar-refractivity contribution in [3.63, 3.8) is 0 Å². The molecule has 0 unspecified atom stereocenters. The summed E-state index contributed by atoms with van der Waals surface area (Å²) in [6.45, 7) is 11.3. The Bertz CT molecular complexity index is 156. The third kappa shape index (κ3) is 3.29. The number of nitrogens with one attached hydrogen (secondary N) is 1. The van der Waals surface area contributed by atoms with E-state index in [1.807, 2.05) is 7.05 Å². The Morgan fingerprint density at radius 3 is 2.33 bits per heavy atom. The molecule has 1 nitrogen and oxygen atoms in total. The Morgan fingerprint density at radius 1 is 1.50 bits per heavy atom. The highest BCUT2D eigenvalue weighted by Gasteiger charge is 2.21. The molecule has 0 aliphatic heterocycles. The van der Waals surface area contributed by atoms with Crippen LogP contribution >= 0.6 is 0 Å². The van der Waals surface area contributed by atoms with Crippen LogP contribution in [0.4, 0.5) is 0 Å². The first kappa shape index (κ1) is 11.5. The number of allylic oxidation sites excluding steroid dienone is 2.